The van der Waals surface area contributed by atoms with Crippen molar-refractivity contribution < 1.29 is 9.59 Å². The van der Waals surface area contributed by atoms with Gasteiger partial charge in [0.25, 0.3) is 11.8 Å². The maximum Gasteiger partial charge on any atom is 0.265 e. The number of anilines is 2. The lowest BCUT2D eigenvalue weighted by Crippen LogP contribution is -2.12. The Morgan fingerprint density at radius 3 is 2.46 bits per heavy atom. The van der Waals surface area contributed by atoms with Crippen LogP contribution >= 0.6 is 11.3 Å². The van der Waals surface area contributed by atoms with Gasteiger partial charge in [0.2, 0.25) is 0 Å². The molecule has 2 heterocycles. The number of nitrogens with one attached hydrogen (secondary N) is 3. The molecule has 0 aliphatic rings. The van der Waals surface area contributed by atoms with Gasteiger partial charge in [-0.05, 0) is 44.2 Å². The van der Waals surface area contributed by atoms with Gasteiger partial charge in [-0.1, -0.05) is 35.4 Å². The second-order valence-electron chi connectivity index (χ2n) is 6.57. The fourth-order valence-electron chi connectivity index (χ4n) is 2.82. The van der Waals surface area contributed by atoms with Crippen LogP contribution in [0.1, 0.15) is 31.2 Å². The van der Waals surface area contributed by atoms with Crippen molar-refractivity contribution in [1.29, 1.82) is 0 Å². The van der Waals surface area contributed by atoms with Gasteiger partial charge < -0.3 is 10.6 Å². The molecule has 4 aromatic rings. The number of aromatic nitrogens is 2. The third-order valence-corrected chi connectivity index (χ3v) is 5.33. The molecule has 0 unspecified atom stereocenters. The highest BCUT2D eigenvalue weighted by molar-refractivity contribution is 7.20. The minimum atomic E-state index is -0.230. The van der Waals surface area contributed by atoms with Crippen molar-refractivity contribution in [2.24, 2.45) is 0 Å². The fourth-order valence-corrected chi connectivity index (χ4v) is 3.71. The van der Waals surface area contributed by atoms with Crippen LogP contribution in [0.25, 0.3) is 10.2 Å². The van der Waals surface area contributed by atoms with Gasteiger partial charge in [-0.2, -0.15) is 5.10 Å². The van der Waals surface area contributed by atoms with Crippen LogP contribution in [0.4, 0.5) is 11.5 Å². The van der Waals surface area contributed by atoms with Gasteiger partial charge >= 0.3 is 0 Å². The first kappa shape index (κ1) is 17.9. The molecule has 0 saturated heterocycles. The average molecular weight is 390 g/mol. The van der Waals surface area contributed by atoms with E-state index in [0.717, 1.165) is 16.8 Å². The van der Waals surface area contributed by atoms with Gasteiger partial charge in [0.15, 0.2) is 0 Å². The third kappa shape index (κ3) is 3.65. The van der Waals surface area contributed by atoms with Crippen LogP contribution in [0.15, 0.2) is 54.6 Å². The summed E-state index contributed by atoms with van der Waals surface area (Å²) in [6.45, 7) is 3.93. The molecule has 0 aliphatic carbocycles. The number of nitrogens with zero attached hydrogens (tertiary/aromatic N) is 1. The highest BCUT2D eigenvalue weighted by Crippen LogP contribution is 2.30. The van der Waals surface area contributed by atoms with Crippen LogP contribution in [-0.2, 0) is 0 Å². The largest absolute Gasteiger partial charge is 0.321 e. The first-order valence-electron chi connectivity index (χ1n) is 8.73. The van der Waals surface area contributed by atoms with Crippen LogP contribution in [0.5, 0.6) is 0 Å². The molecule has 0 fully saturated rings. The van der Waals surface area contributed by atoms with Gasteiger partial charge in [0, 0.05) is 11.3 Å². The molecular formula is C21H18N4O2S. The zero-order valence-corrected chi connectivity index (χ0v) is 16.2. The SMILES string of the molecule is Cc1ccc(NC(=O)c2cc3c(NC(=O)c4cccc(C)c4)[nH]nc3s2)cc1. The Bertz CT molecular complexity index is 1170. The lowest BCUT2D eigenvalue weighted by atomic mass is 10.1. The molecule has 4 rings (SSSR count). The number of H-pyrrole nitrogens is 1. The summed E-state index contributed by atoms with van der Waals surface area (Å²) in [7, 11) is 0. The number of hydrogen-bond acceptors (Lipinski definition) is 4. The van der Waals surface area contributed by atoms with E-state index in [1.54, 1.807) is 12.1 Å². The summed E-state index contributed by atoms with van der Waals surface area (Å²) >= 11 is 1.27. The summed E-state index contributed by atoms with van der Waals surface area (Å²) in [5, 5.41) is 13.4. The first-order chi connectivity index (χ1) is 13.5. The van der Waals surface area contributed by atoms with Gasteiger partial charge in [-0.3, -0.25) is 14.7 Å². The molecule has 6 nitrogen and oxygen atoms in total. The Morgan fingerprint density at radius 2 is 1.71 bits per heavy atom. The van der Waals surface area contributed by atoms with E-state index in [4.69, 9.17) is 0 Å². The quantitative estimate of drug-likeness (QED) is 0.470. The van der Waals surface area contributed by atoms with Crippen molar-refractivity contribution in [2.75, 3.05) is 10.6 Å². The summed E-state index contributed by atoms with van der Waals surface area (Å²) in [6.07, 6.45) is 0. The van der Waals surface area contributed by atoms with Crippen LogP contribution in [0, 0.1) is 13.8 Å². The van der Waals surface area contributed by atoms with E-state index in [1.165, 1.54) is 11.3 Å². The summed E-state index contributed by atoms with van der Waals surface area (Å²) in [5.74, 6) is 0.0427. The zero-order valence-electron chi connectivity index (χ0n) is 15.4. The zero-order chi connectivity index (χ0) is 19.7. The van der Waals surface area contributed by atoms with Gasteiger partial charge in [0.05, 0.1) is 10.3 Å². The van der Waals surface area contributed by atoms with Crippen molar-refractivity contribution in [2.45, 2.75) is 13.8 Å². The predicted octanol–water partition coefficient (Wildman–Crippen LogP) is 4.75. The van der Waals surface area contributed by atoms with Crippen molar-refractivity contribution in [3.8, 4) is 0 Å². The second kappa shape index (κ2) is 7.28. The first-order valence-corrected chi connectivity index (χ1v) is 9.55. The van der Waals surface area contributed by atoms with E-state index in [9.17, 15) is 9.59 Å². The minimum absolute atomic E-state index is 0.206. The van der Waals surface area contributed by atoms with Crippen LogP contribution in [0.2, 0.25) is 0 Å². The highest BCUT2D eigenvalue weighted by atomic mass is 32.1. The summed E-state index contributed by atoms with van der Waals surface area (Å²) in [4.78, 5) is 26.2. The molecule has 0 atom stereocenters. The van der Waals surface area contributed by atoms with Crippen LogP contribution < -0.4 is 10.6 Å². The number of thiophene rings is 1. The van der Waals surface area contributed by atoms with Gasteiger partial charge in [-0.25, -0.2) is 0 Å². The molecule has 7 heteroatoms. The Hall–Kier alpha value is -3.45. The molecule has 28 heavy (non-hydrogen) atoms. The van der Waals surface area contributed by atoms with Crippen LogP contribution in [-0.4, -0.2) is 22.0 Å². The highest BCUT2D eigenvalue weighted by Gasteiger charge is 2.17. The molecule has 0 saturated carbocycles. The molecule has 2 aromatic carbocycles. The molecule has 0 spiro atoms. The maximum atomic E-state index is 12.5. The summed E-state index contributed by atoms with van der Waals surface area (Å²) < 4.78 is 0. The van der Waals surface area contributed by atoms with Crippen molar-refractivity contribution in [3.05, 3.63) is 76.2 Å². The van der Waals surface area contributed by atoms with E-state index in [0.29, 0.717) is 26.5 Å². The second-order valence-corrected chi connectivity index (χ2v) is 7.60. The number of fused-ring (bicyclic) bond motifs is 1. The molecule has 0 bridgehead atoms. The van der Waals surface area contributed by atoms with E-state index < -0.39 is 0 Å². The number of benzene rings is 2. The molecule has 0 radical (unpaired) electrons. The Kier molecular flexibility index (Phi) is 4.67. The monoisotopic (exact) mass is 390 g/mol. The topological polar surface area (TPSA) is 86.9 Å². The number of rotatable bonds is 4. The summed E-state index contributed by atoms with van der Waals surface area (Å²) in [5.41, 5.74) is 3.43. The predicted molar refractivity (Wildman–Crippen MR) is 112 cm³/mol. The number of amides is 2. The molecule has 140 valence electrons. The lowest BCUT2D eigenvalue weighted by Gasteiger charge is -2.04. The molecule has 3 N–H and O–H groups in total. The van der Waals surface area contributed by atoms with Gasteiger partial charge in [-0.15, -0.1) is 11.3 Å². The fraction of sp³-hybridized carbons (Fsp3) is 0.0952. The van der Waals surface area contributed by atoms with Crippen molar-refractivity contribution in [3.63, 3.8) is 0 Å². The van der Waals surface area contributed by atoms with E-state index in [1.807, 2.05) is 56.3 Å². The van der Waals surface area contributed by atoms with Gasteiger partial charge in [0.1, 0.15) is 10.6 Å². The maximum absolute atomic E-state index is 12.5. The number of carbonyl (C=O) groups excluding carboxylic acids is 2. The molecule has 0 aliphatic heterocycles. The summed E-state index contributed by atoms with van der Waals surface area (Å²) in [6, 6.07) is 16.7. The number of aromatic amines is 1. The number of aryl methyl sites for hydroxylation is 2. The van der Waals surface area contributed by atoms with E-state index in [-0.39, 0.29) is 11.8 Å². The standard InChI is InChI=1S/C21H18N4O2S/c1-12-6-8-15(9-7-12)22-20(27)17-11-16-18(24-25-21(16)28-17)23-19(26)14-5-3-4-13(2)10-14/h3-11H,1-2H3,(H,22,27)(H2,23,24,25,26). The number of hydrogen-bond donors (Lipinski definition) is 3. The number of carbonyl (C=O) groups is 2. The third-order valence-electron chi connectivity index (χ3n) is 4.30. The van der Waals surface area contributed by atoms with Crippen molar-refractivity contribution in [1.82, 2.24) is 10.2 Å². The normalized spacial score (nSPS) is 10.8. The Morgan fingerprint density at radius 1 is 0.929 bits per heavy atom. The molecular weight excluding hydrogens is 372 g/mol. The Labute approximate surface area is 165 Å². The average Bonchev–Trinajstić information content (AvgIpc) is 3.26. The van der Waals surface area contributed by atoms with E-state index >= 15 is 0 Å². The van der Waals surface area contributed by atoms with E-state index in [2.05, 4.69) is 20.8 Å². The molecule has 2 aromatic heterocycles. The van der Waals surface area contributed by atoms with Crippen molar-refractivity contribution >= 4 is 44.9 Å². The minimum Gasteiger partial charge on any atom is -0.321 e. The molecule has 2 amide bonds. The lowest BCUT2D eigenvalue weighted by molar-refractivity contribution is 0.102. The smallest absolute Gasteiger partial charge is 0.265 e. The Balaban J connectivity index is 1.54. The van der Waals surface area contributed by atoms with Crippen LogP contribution in [0.3, 0.4) is 0 Å².